The summed E-state index contributed by atoms with van der Waals surface area (Å²) in [5.74, 6) is 0.905. The average molecular weight is 544 g/mol. The molecule has 3 aromatic rings. The number of methoxy groups -OCH3 is 1. The maximum absolute atomic E-state index is 12.6. The number of benzene rings is 2. The van der Waals surface area contributed by atoms with Crippen LogP contribution in [0.4, 0.5) is 11.4 Å². The van der Waals surface area contributed by atoms with Crippen LogP contribution < -0.4 is 15.4 Å². The molecule has 0 aliphatic rings. The predicted octanol–water partition coefficient (Wildman–Crippen LogP) is 4.76. The Balaban J connectivity index is 1.64. The van der Waals surface area contributed by atoms with Gasteiger partial charge < -0.3 is 19.9 Å². The van der Waals surface area contributed by atoms with Crippen LogP contribution in [0.5, 0.6) is 5.75 Å². The summed E-state index contributed by atoms with van der Waals surface area (Å²) in [5, 5.41) is 14.7. The highest BCUT2D eigenvalue weighted by atomic mass is 79.9. The van der Waals surface area contributed by atoms with Gasteiger partial charge in [0.25, 0.3) is 0 Å². The molecule has 2 amide bonds. The first-order valence-electron chi connectivity index (χ1n) is 10.5. The Morgan fingerprint density at radius 2 is 1.94 bits per heavy atom. The van der Waals surface area contributed by atoms with E-state index < -0.39 is 0 Å². The van der Waals surface area contributed by atoms with Crippen molar-refractivity contribution in [2.45, 2.75) is 32.0 Å². The minimum Gasteiger partial charge on any atom is -0.497 e. The molecule has 34 heavy (non-hydrogen) atoms. The van der Waals surface area contributed by atoms with Crippen molar-refractivity contribution in [1.29, 1.82) is 0 Å². The van der Waals surface area contributed by atoms with E-state index in [-0.39, 0.29) is 24.0 Å². The zero-order chi connectivity index (χ0) is 24.7. The summed E-state index contributed by atoms with van der Waals surface area (Å²) in [6.07, 6.45) is 1.73. The summed E-state index contributed by atoms with van der Waals surface area (Å²) in [7, 11) is 1.57. The lowest BCUT2D eigenvalue weighted by Gasteiger charge is -2.12. The van der Waals surface area contributed by atoms with E-state index in [1.54, 1.807) is 42.0 Å². The van der Waals surface area contributed by atoms with Crippen molar-refractivity contribution in [3.8, 4) is 5.75 Å². The first kappa shape index (κ1) is 25.5. The predicted molar refractivity (Wildman–Crippen MR) is 139 cm³/mol. The molecule has 8 nitrogen and oxygen atoms in total. The molecule has 0 aliphatic carbocycles. The fourth-order valence-electron chi connectivity index (χ4n) is 3.16. The molecule has 0 radical (unpaired) electrons. The number of thioether (sulfide) groups is 1. The van der Waals surface area contributed by atoms with E-state index in [1.165, 1.54) is 11.8 Å². The molecule has 2 aromatic carbocycles. The molecule has 0 spiro atoms. The molecule has 0 aliphatic heterocycles. The number of anilines is 2. The van der Waals surface area contributed by atoms with Gasteiger partial charge in [0.05, 0.1) is 19.3 Å². The highest BCUT2D eigenvalue weighted by molar-refractivity contribution is 9.10. The van der Waals surface area contributed by atoms with Crippen LogP contribution in [0.3, 0.4) is 0 Å². The Labute approximate surface area is 211 Å². The van der Waals surface area contributed by atoms with Crippen LogP contribution in [0.25, 0.3) is 0 Å². The molecule has 0 bridgehead atoms. The third-order valence-electron chi connectivity index (χ3n) is 5.10. The Kier molecular flexibility index (Phi) is 8.89. The quantitative estimate of drug-likeness (QED) is 0.282. The largest absolute Gasteiger partial charge is 0.497 e. The van der Waals surface area contributed by atoms with Gasteiger partial charge in [0.2, 0.25) is 11.8 Å². The van der Waals surface area contributed by atoms with Crippen molar-refractivity contribution in [3.63, 3.8) is 0 Å². The number of carbonyl (C=O) groups excluding carboxylic acids is 2. The van der Waals surface area contributed by atoms with Gasteiger partial charge in [-0.15, -0.1) is 16.8 Å². The standard InChI is InChI=1S/C24H26BrN5O3S/c1-5-11-30-21(13-22(31)26-17-7-6-8-18(12-17)33-4)28-29-24(30)34-14-23(32)27-20-10-9-19(25)15(2)16(20)3/h5-10,12H,1,11,13-14H2,2-4H3,(H,26,31)(H,27,32). The normalized spacial score (nSPS) is 10.6. The highest BCUT2D eigenvalue weighted by Gasteiger charge is 2.17. The molecule has 3 rings (SSSR count). The number of amides is 2. The van der Waals surface area contributed by atoms with Gasteiger partial charge in [0, 0.05) is 28.5 Å². The summed E-state index contributed by atoms with van der Waals surface area (Å²) in [4.78, 5) is 25.1. The second-order valence-corrected chi connectivity index (χ2v) is 9.23. The van der Waals surface area contributed by atoms with E-state index >= 15 is 0 Å². The highest BCUT2D eigenvalue weighted by Crippen LogP contribution is 2.26. The zero-order valence-corrected chi connectivity index (χ0v) is 21.6. The summed E-state index contributed by atoms with van der Waals surface area (Å²) < 4.78 is 7.96. The summed E-state index contributed by atoms with van der Waals surface area (Å²) in [6.45, 7) is 8.16. The number of rotatable bonds is 10. The molecule has 178 valence electrons. The molecule has 0 fully saturated rings. The van der Waals surface area contributed by atoms with Gasteiger partial charge in [-0.3, -0.25) is 9.59 Å². The van der Waals surface area contributed by atoms with Gasteiger partial charge in [-0.2, -0.15) is 0 Å². The molecule has 0 unspecified atom stereocenters. The zero-order valence-electron chi connectivity index (χ0n) is 19.2. The van der Waals surface area contributed by atoms with Crippen LogP contribution >= 0.6 is 27.7 Å². The Bertz CT molecular complexity index is 1210. The van der Waals surface area contributed by atoms with Gasteiger partial charge in [-0.1, -0.05) is 39.8 Å². The number of ether oxygens (including phenoxy) is 1. The summed E-state index contributed by atoms with van der Waals surface area (Å²) in [6, 6.07) is 10.9. The topological polar surface area (TPSA) is 98.1 Å². The van der Waals surface area contributed by atoms with Crippen molar-refractivity contribution < 1.29 is 14.3 Å². The molecule has 0 saturated carbocycles. The fourth-order valence-corrected chi connectivity index (χ4v) is 4.35. The Hall–Kier alpha value is -3.11. The van der Waals surface area contributed by atoms with Crippen molar-refractivity contribution in [3.05, 3.63) is 70.5 Å². The van der Waals surface area contributed by atoms with Crippen molar-refractivity contribution in [2.24, 2.45) is 0 Å². The van der Waals surface area contributed by atoms with Gasteiger partial charge in [-0.05, 0) is 49.2 Å². The number of aromatic nitrogens is 3. The lowest BCUT2D eigenvalue weighted by molar-refractivity contribution is -0.116. The van der Waals surface area contributed by atoms with E-state index in [1.807, 2.05) is 26.0 Å². The maximum Gasteiger partial charge on any atom is 0.234 e. The van der Waals surface area contributed by atoms with Crippen LogP contribution in [-0.4, -0.2) is 39.4 Å². The second kappa shape index (κ2) is 11.8. The number of carbonyl (C=O) groups is 2. The molecular weight excluding hydrogens is 518 g/mol. The minimum absolute atomic E-state index is 0.0299. The van der Waals surface area contributed by atoms with Gasteiger partial charge in [0.1, 0.15) is 11.6 Å². The SMILES string of the molecule is C=CCn1c(CC(=O)Nc2cccc(OC)c2)nnc1SCC(=O)Nc1ccc(Br)c(C)c1C. The number of nitrogens with one attached hydrogen (secondary N) is 2. The van der Waals surface area contributed by atoms with E-state index in [0.29, 0.717) is 29.0 Å². The maximum atomic E-state index is 12.6. The van der Waals surface area contributed by atoms with E-state index in [2.05, 4.69) is 43.3 Å². The first-order valence-corrected chi connectivity index (χ1v) is 12.3. The molecular formula is C24H26BrN5O3S. The van der Waals surface area contributed by atoms with Crippen molar-refractivity contribution in [1.82, 2.24) is 14.8 Å². The lowest BCUT2D eigenvalue weighted by Crippen LogP contribution is -2.18. The third-order valence-corrected chi connectivity index (χ3v) is 6.93. The van der Waals surface area contributed by atoms with E-state index in [4.69, 9.17) is 4.74 Å². The number of nitrogens with zero attached hydrogens (tertiary/aromatic N) is 3. The van der Waals surface area contributed by atoms with Crippen LogP contribution in [0.1, 0.15) is 17.0 Å². The smallest absolute Gasteiger partial charge is 0.234 e. The fraction of sp³-hybridized carbons (Fsp3) is 0.250. The van der Waals surface area contributed by atoms with Gasteiger partial charge in [0.15, 0.2) is 5.16 Å². The Morgan fingerprint density at radius 3 is 2.68 bits per heavy atom. The van der Waals surface area contributed by atoms with E-state index in [9.17, 15) is 9.59 Å². The third kappa shape index (κ3) is 6.48. The van der Waals surface area contributed by atoms with Crippen LogP contribution in [-0.2, 0) is 22.6 Å². The van der Waals surface area contributed by atoms with Crippen LogP contribution in [0.2, 0.25) is 0 Å². The van der Waals surface area contributed by atoms with Gasteiger partial charge >= 0.3 is 0 Å². The first-order chi connectivity index (χ1) is 16.3. The van der Waals surface area contributed by atoms with Crippen molar-refractivity contribution >= 4 is 50.9 Å². The molecule has 0 atom stereocenters. The minimum atomic E-state index is -0.235. The molecule has 10 heteroatoms. The average Bonchev–Trinajstić information content (AvgIpc) is 3.19. The van der Waals surface area contributed by atoms with Crippen LogP contribution in [0, 0.1) is 13.8 Å². The Morgan fingerprint density at radius 1 is 1.15 bits per heavy atom. The van der Waals surface area contributed by atoms with Gasteiger partial charge in [-0.25, -0.2) is 0 Å². The number of hydrogen-bond donors (Lipinski definition) is 2. The molecule has 1 aromatic heterocycles. The van der Waals surface area contributed by atoms with Crippen molar-refractivity contribution in [2.75, 3.05) is 23.5 Å². The van der Waals surface area contributed by atoms with Crippen LogP contribution in [0.15, 0.2) is 58.7 Å². The number of hydrogen-bond acceptors (Lipinski definition) is 6. The lowest BCUT2D eigenvalue weighted by atomic mass is 10.1. The molecule has 1 heterocycles. The summed E-state index contributed by atoms with van der Waals surface area (Å²) >= 11 is 4.75. The monoisotopic (exact) mass is 543 g/mol. The molecule has 2 N–H and O–H groups in total. The molecule has 0 saturated heterocycles. The number of halogens is 1. The van der Waals surface area contributed by atoms with E-state index in [0.717, 1.165) is 21.3 Å². The summed E-state index contributed by atoms with van der Waals surface area (Å²) in [5.41, 5.74) is 3.48. The second-order valence-electron chi connectivity index (χ2n) is 7.44. The number of allylic oxidation sites excluding steroid dienone is 1.